The van der Waals surface area contributed by atoms with E-state index in [1.807, 2.05) is 18.2 Å². The Kier molecular flexibility index (Phi) is 5.65. The molecule has 1 saturated heterocycles. The minimum absolute atomic E-state index is 0.0291. The second-order valence-corrected chi connectivity index (χ2v) is 5.02. The summed E-state index contributed by atoms with van der Waals surface area (Å²) in [5.41, 5.74) is 1.43. The molecule has 1 amide bonds. The molecule has 7 nitrogen and oxygen atoms in total. The molecule has 0 spiro atoms. The van der Waals surface area contributed by atoms with Crippen molar-refractivity contribution in [3.05, 3.63) is 24.3 Å². The highest BCUT2D eigenvalue weighted by molar-refractivity contribution is 5.92. The van der Waals surface area contributed by atoms with Crippen molar-refractivity contribution in [1.82, 2.24) is 9.91 Å². The fourth-order valence-electron chi connectivity index (χ4n) is 1.95. The summed E-state index contributed by atoms with van der Waals surface area (Å²) in [4.78, 5) is 14.1. The van der Waals surface area contributed by atoms with Crippen molar-refractivity contribution in [1.29, 1.82) is 0 Å². The molecule has 1 aromatic rings. The Labute approximate surface area is 124 Å². The predicted molar refractivity (Wildman–Crippen MR) is 80.5 cm³/mol. The second-order valence-electron chi connectivity index (χ2n) is 5.02. The maximum atomic E-state index is 12.0. The molecule has 1 aliphatic rings. The van der Waals surface area contributed by atoms with Gasteiger partial charge in [0.2, 0.25) is 5.91 Å². The summed E-state index contributed by atoms with van der Waals surface area (Å²) >= 11 is 0. The van der Waals surface area contributed by atoms with Crippen molar-refractivity contribution in [2.75, 3.05) is 52.3 Å². The first-order chi connectivity index (χ1) is 10.1. The Morgan fingerprint density at radius 3 is 2.86 bits per heavy atom. The zero-order chi connectivity index (χ0) is 15.1. The third-order valence-electron chi connectivity index (χ3n) is 2.94. The number of anilines is 1. The number of nitrogens with one attached hydrogen (secondary N) is 1. The van der Waals surface area contributed by atoms with Gasteiger partial charge in [-0.15, -0.1) is 5.11 Å². The Bertz CT molecular complexity index is 498. The van der Waals surface area contributed by atoms with Crippen LogP contribution in [-0.4, -0.2) is 62.8 Å². The largest absolute Gasteiger partial charge is 0.379 e. The van der Waals surface area contributed by atoms with Crippen LogP contribution in [0.2, 0.25) is 0 Å². The molecule has 0 radical (unpaired) electrons. The molecule has 2 rings (SSSR count). The molecule has 114 valence electrons. The average molecular weight is 291 g/mol. The topological polar surface area (TPSA) is 69.5 Å². The molecule has 0 unspecified atom stereocenters. The summed E-state index contributed by atoms with van der Waals surface area (Å²) < 4.78 is 5.26. The van der Waals surface area contributed by atoms with Crippen LogP contribution in [0.3, 0.4) is 0 Å². The summed E-state index contributed by atoms with van der Waals surface area (Å²) in [6.07, 6.45) is 0. The van der Waals surface area contributed by atoms with Gasteiger partial charge < -0.3 is 10.1 Å². The highest BCUT2D eigenvalue weighted by atomic mass is 16.5. The van der Waals surface area contributed by atoms with Crippen LogP contribution >= 0.6 is 0 Å². The lowest BCUT2D eigenvalue weighted by atomic mass is 10.3. The van der Waals surface area contributed by atoms with Crippen LogP contribution in [0.5, 0.6) is 0 Å². The Hall–Kier alpha value is -1.99. The smallest absolute Gasteiger partial charge is 0.238 e. The highest BCUT2D eigenvalue weighted by Gasteiger charge is 2.14. The van der Waals surface area contributed by atoms with E-state index in [4.69, 9.17) is 4.74 Å². The third-order valence-corrected chi connectivity index (χ3v) is 2.94. The third kappa shape index (κ3) is 5.49. The zero-order valence-corrected chi connectivity index (χ0v) is 12.5. The fraction of sp³-hybridized carbons (Fsp3) is 0.500. The van der Waals surface area contributed by atoms with E-state index in [2.05, 4.69) is 20.6 Å². The van der Waals surface area contributed by atoms with Gasteiger partial charge in [0.05, 0.1) is 25.4 Å². The van der Waals surface area contributed by atoms with E-state index >= 15 is 0 Å². The monoisotopic (exact) mass is 291 g/mol. The minimum atomic E-state index is -0.0291. The number of amides is 1. The van der Waals surface area contributed by atoms with E-state index in [-0.39, 0.29) is 5.91 Å². The summed E-state index contributed by atoms with van der Waals surface area (Å²) in [5, 5.41) is 12.5. The van der Waals surface area contributed by atoms with Crippen molar-refractivity contribution in [2.24, 2.45) is 10.3 Å². The molecule has 1 aliphatic heterocycles. The average Bonchev–Trinajstić information content (AvgIpc) is 2.46. The molecule has 0 aromatic heterocycles. The number of morpholine rings is 1. The first kappa shape index (κ1) is 15.4. The molecule has 0 saturated carbocycles. The molecular weight excluding hydrogens is 270 g/mol. The van der Waals surface area contributed by atoms with Gasteiger partial charge in [-0.2, -0.15) is 0 Å². The van der Waals surface area contributed by atoms with Gasteiger partial charge in [0.15, 0.2) is 0 Å². The van der Waals surface area contributed by atoms with E-state index in [0.717, 1.165) is 18.8 Å². The van der Waals surface area contributed by atoms with Crippen molar-refractivity contribution < 1.29 is 9.53 Å². The number of benzene rings is 1. The Balaban J connectivity index is 1.89. The summed E-state index contributed by atoms with van der Waals surface area (Å²) in [7, 11) is 3.61. The Morgan fingerprint density at radius 2 is 2.14 bits per heavy atom. The van der Waals surface area contributed by atoms with E-state index in [9.17, 15) is 4.79 Å². The van der Waals surface area contributed by atoms with Gasteiger partial charge in [-0.1, -0.05) is 11.3 Å². The number of carbonyl (C=O) groups is 1. The number of hydrogen-bond donors (Lipinski definition) is 1. The summed E-state index contributed by atoms with van der Waals surface area (Å²) in [5.74, 6) is -0.0291. The number of rotatable bonds is 5. The van der Waals surface area contributed by atoms with Gasteiger partial charge >= 0.3 is 0 Å². The van der Waals surface area contributed by atoms with Gasteiger partial charge in [-0.05, 0) is 18.2 Å². The summed E-state index contributed by atoms with van der Waals surface area (Å²) in [6, 6.07) is 7.31. The molecular formula is C14H21N5O2. The lowest BCUT2D eigenvalue weighted by molar-refractivity contribution is -0.118. The normalized spacial score (nSPS) is 16.1. The number of ether oxygens (including phenoxy) is 1. The lowest BCUT2D eigenvalue weighted by Crippen LogP contribution is -2.41. The van der Waals surface area contributed by atoms with E-state index < -0.39 is 0 Å². The van der Waals surface area contributed by atoms with Crippen LogP contribution in [-0.2, 0) is 9.53 Å². The minimum Gasteiger partial charge on any atom is -0.379 e. The molecule has 1 aromatic carbocycles. The van der Waals surface area contributed by atoms with Crippen LogP contribution in [0.1, 0.15) is 0 Å². The van der Waals surface area contributed by atoms with Gasteiger partial charge in [0, 0.05) is 32.9 Å². The molecule has 1 heterocycles. The molecule has 7 heteroatoms. The van der Waals surface area contributed by atoms with Crippen LogP contribution in [0.4, 0.5) is 11.4 Å². The number of nitrogens with zero attached hydrogens (tertiary/aromatic N) is 4. The molecule has 0 aliphatic carbocycles. The quantitative estimate of drug-likeness (QED) is 0.659. The summed E-state index contributed by atoms with van der Waals surface area (Å²) in [6.45, 7) is 3.35. The first-order valence-corrected chi connectivity index (χ1v) is 6.92. The number of carbonyl (C=O) groups excluding carboxylic acids is 1. The SMILES string of the molecule is CN(C)N=Nc1cccc(NC(=O)CN2CCOCC2)c1. The molecule has 1 N–H and O–H groups in total. The second kappa shape index (κ2) is 7.70. The molecule has 0 atom stereocenters. The van der Waals surface area contributed by atoms with E-state index in [0.29, 0.717) is 25.4 Å². The predicted octanol–water partition coefficient (Wildman–Crippen LogP) is 1.52. The van der Waals surface area contributed by atoms with Crippen molar-refractivity contribution in [3.8, 4) is 0 Å². The standard InChI is InChI=1S/C14H21N5O2/c1-18(2)17-16-13-5-3-4-12(10-13)15-14(20)11-19-6-8-21-9-7-19/h3-5,10H,6-9,11H2,1-2H3,(H,15,20). The maximum absolute atomic E-state index is 12.0. The van der Waals surface area contributed by atoms with Crippen molar-refractivity contribution >= 4 is 17.3 Å². The lowest BCUT2D eigenvalue weighted by Gasteiger charge is -2.25. The highest BCUT2D eigenvalue weighted by Crippen LogP contribution is 2.18. The zero-order valence-electron chi connectivity index (χ0n) is 12.5. The van der Waals surface area contributed by atoms with Gasteiger partial charge in [-0.25, -0.2) is 0 Å². The van der Waals surface area contributed by atoms with Gasteiger partial charge in [0.1, 0.15) is 0 Å². The van der Waals surface area contributed by atoms with Gasteiger partial charge in [0.25, 0.3) is 0 Å². The molecule has 0 bridgehead atoms. The molecule has 1 fully saturated rings. The van der Waals surface area contributed by atoms with Crippen molar-refractivity contribution in [3.63, 3.8) is 0 Å². The Morgan fingerprint density at radius 1 is 1.38 bits per heavy atom. The molecule has 21 heavy (non-hydrogen) atoms. The van der Waals surface area contributed by atoms with Crippen LogP contribution in [0, 0.1) is 0 Å². The maximum Gasteiger partial charge on any atom is 0.238 e. The van der Waals surface area contributed by atoms with Gasteiger partial charge in [-0.3, -0.25) is 14.7 Å². The first-order valence-electron chi connectivity index (χ1n) is 6.92. The number of hydrogen-bond acceptors (Lipinski definition) is 5. The van der Waals surface area contributed by atoms with Crippen LogP contribution < -0.4 is 5.32 Å². The van der Waals surface area contributed by atoms with Crippen molar-refractivity contribution in [2.45, 2.75) is 0 Å². The van der Waals surface area contributed by atoms with E-state index in [1.54, 1.807) is 25.2 Å². The van der Waals surface area contributed by atoms with Crippen LogP contribution in [0.15, 0.2) is 34.6 Å². The van der Waals surface area contributed by atoms with Crippen LogP contribution in [0.25, 0.3) is 0 Å². The van der Waals surface area contributed by atoms with E-state index in [1.165, 1.54) is 0 Å². The fourth-order valence-corrected chi connectivity index (χ4v) is 1.95.